The molecule has 2 saturated carbocycles. The van der Waals surface area contributed by atoms with Crippen LogP contribution in [0.1, 0.15) is 53.0 Å². The lowest BCUT2D eigenvalue weighted by Crippen LogP contribution is -2.34. The van der Waals surface area contributed by atoms with Crippen LogP contribution < -0.4 is 5.32 Å². The van der Waals surface area contributed by atoms with Gasteiger partial charge in [0.15, 0.2) is 0 Å². The summed E-state index contributed by atoms with van der Waals surface area (Å²) in [7, 11) is 0. The predicted octanol–water partition coefficient (Wildman–Crippen LogP) is 4.19. The van der Waals surface area contributed by atoms with Gasteiger partial charge in [-0.25, -0.2) is 18.7 Å². The molecule has 2 aromatic rings. The van der Waals surface area contributed by atoms with Crippen LogP contribution in [-0.2, 0) is 19.5 Å². The molecule has 1 aliphatic heterocycles. The van der Waals surface area contributed by atoms with Crippen molar-refractivity contribution < 1.29 is 13.6 Å². The van der Waals surface area contributed by atoms with Crippen molar-refractivity contribution in [3.8, 4) is 0 Å². The molecule has 172 valence electrons. The number of halogens is 2. The van der Waals surface area contributed by atoms with E-state index < -0.39 is 11.6 Å². The van der Waals surface area contributed by atoms with E-state index in [4.69, 9.17) is 0 Å². The monoisotopic (exact) mass is 450 g/mol. The molecule has 2 unspecified atom stereocenters. The Morgan fingerprint density at radius 3 is 2.79 bits per heavy atom. The second kappa shape index (κ2) is 9.16. The second-order valence-electron chi connectivity index (χ2n) is 9.60. The Hall–Kier alpha value is -2.89. The Bertz CT molecular complexity index is 1120. The number of nitrogens with one attached hydrogen (secondary N) is 1. The van der Waals surface area contributed by atoms with Crippen LogP contribution in [0.5, 0.6) is 0 Å². The van der Waals surface area contributed by atoms with Crippen LogP contribution in [0, 0.1) is 29.4 Å². The number of amides is 1. The third-order valence-electron chi connectivity index (χ3n) is 7.30. The first-order valence-electron chi connectivity index (χ1n) is 11.6. The summed E-state index contributed by atoms with van der Waals surface area (Å²) in [6, 6.07) is 3.64. The maximum atomic E-state index is 14.0. The smallest absolute Gasteiger partial charge is 0.270 e. The van der Waals surface area contributed by atoms with Gasteiger partial charge in [-0.1, -0.05) is 12.6 Å². The molecule has 2 fully saturated rings. The maximum absolute atomic E-state index is 14.0. The Labute approximate surface area is 192 Å². The summed E-state index contributed by atoms with van der Waals surface area (Å²) >= 11 is 0. The van der Waals surface area contributed by atoms with Crippen LogP contribution in [0.2, 0.25) is 0 Å². The normalized spacial score (nSPS) is 23.4. The fourth-order valence-electron chi connectivity index (χ4n) is 5.46. The Morgan fingerprint density at radius 2 is 2.03 bits per heavy atom. The average Bonchev–Trinajstić information content (AvgIpc) is 3.43. The van der Waals surface area contributed by atoms with E-state index in [9.17, 15) is 13.6 Å². The molecule has 1 aromatic heterocycles. The van der Waals surface area contributed by atoms with Gasteiger partial charge >= 0.3 is 0 Å². The van der Waals surface area contributed by atoms with E-state index in [0.717, 1.165) is 41.2 Å². The second-order valence-corrected chi connectivity index (χ2v) is 9.60. The zero-order chi connectivity index (χ0) is 22.9. The van der Waals surface area contributed by atoms with Gasteiger partial charge in [0.05, 0.1) is 5.69 Å². The molecule has 0 spiro atoms. The van der Waals surface area contributed by atoms with Gasteiger partial charge in [-0.2, -0.15) is 0 Å². The average molecular weight is 451 g/mol. The number of benzene rings is 1. The Morgan fingerprint density at radius 1 is 1.21 bits per heavy atom. The van der Waals surface area contributed by atoms with E-state index >= 15 is 0 Å². The van der Waals surface area contributed by atoms with Gasteiger partial charge in [-0.05, 0) is 61.5 Å². The van der Waals surface area contributed by atoms with E-state index in [1.54, 1.807) is 0 Å². The standard InChI is InChI=1S/C26H28F2N4O/c1-2-16(7-17-8-19-10-20(19)9-17)12-29-26(33)25-22-5-6-32(14-24(22)30-15-31-25)13-18-3-4-21(27)11-23(18)28/h3-4,11,15,17,19-20H,1,5-10,12-14H2,(H,29,33). The van der Waals surface area contributed by atoms with Crippen LogP contribution in [0.3, 0.4) is 0 Å². The first-order chi connectivity index (χ1) is 16.0. The topological polar surface area (TPSA) is 58.1 Å². The van der Waals surface area contributed by atoms with E-state index in [-0.39, 0.29) is 5.91 Å². The van der Waals surface area contributed by atoms with Crippen molar-refractivity contribution >= 4 is 5.91 Å². The lowest BCUT2D eigenvalue weighted by atomic mass is 9.95. The molecule has 1 aromatic carbocycles. The molecule has 2 heterocycles. The molecule has 7 heteroatoms. The summed E-state index contributed by atoms with van der Waals surface area (Å²) in [6.45, 7) is 5.73. The van der Waals surface area contributed by atoms with E-state index in [0.29, 0.717) is 49.8 Å². The number of aromatic nitrogens is 2. The first kappa shape index (κ1) is 21.9. The molecular formula is C26H28F2N4O. The number of rotatable bonds is 7. The van der Waals surface area contributed by atoms with Gasteiger partial charge in [0.2, 0.25) is 0 Å². The molecule has 0 radical (unpaired) electrons. The number of nitrogens with zero attached hydrogens (tertiary/aromatic N) is 3. The highest BCUT2D eigenvalue weighted by Crippen LogP contribution is 2.55. The van der Waals surface area contributed by atoms with Gasteiger partial charge in [-0.15, -0.1) is 5.73 Å². The van der Waals surface area contributed by atoms with E-state index in [1.807, 2.05) is 4.90 Å². The molecule has 5 rings (SSSR count). The van der Waals surface area contributed by atoms with Crippen molar-refractivity contribution in [2.24, 2.45) is 17.8 Å². The van der Waals surface area contributed by atoms with Crippen molar-refractivity contribution in [1.82, 2.24) is 20.2 Å². The van der Waals surface area contributed by atoms with Gasteiger partial charge in [-0.3, -0.25) is 9.69 Å². The molecule has 0 bridgehead atoms. The van der Waals surface area contributed by atoms with Gasteiger partial charge in [0, 0.05) is 43.4 Å². The maximum Gasteiger partial charge on any atom is 0.270 e. The Kier molecular flexibility index (Phi) is 6.09. The van der Waals surface area contributed by atoms with Gasteiger partial charge < -0.3 is 5.32 Å². The zero-order valence-electron chi connectivity index (χ0n) is 18.6. The minimum Gasteiger partial charge on any atom is -0.346 e. The number of fused-ring (bicyclic) bond motifs is 2. The highest BCUT2D eigenvalue weighted by atomic mass is 19.1. The quantitative estimate of drug-likeness (QED) is 0.643. The molecule has 3 aliphatic rings. The number of carbonyl (C=O) groups excluding carboxylic acids is 1. The summed E-state index contributed by atoms with van der Waals surface area (Å²) in [5, 5.41) is 2.99. The van der Waals surface area contributed by atoms with Crippen LogP contribution >= 0.6 is 0 Å². The van der Waals surface area contributed by atoms with Crippen LogP contribution in [0.15, 0.2) is 42.4 Å². The largest absolute Gasteiger partial charge is 0.346 e. The molecule has 2 aliphatic carbocycles. The molecule has 1 amide bonds. The lowest BCUT2D eigenvalue weighted by Gasteiger charge is -2.28. The van der Waals surface area contributed by atoms with Crippen LogP contribution in [0.25, 0.3) is 0 Å². The van der Waals surface area contributed by atoms with E-state index in [1.165, 1.54) is 37.7 Å². The van der Waals surface area contributed by atoms with E-state index in [2.05, 4.69) is 27.6 Å². The number of hydrogen-bond acceptors (Lipinski definition) is 4. The SMILES string of the molecule is C=C=C(CNC(=O)c1ncnc2c1CCN(Cc1ccc(F)cc1F)C2)CC1CC2CC2C1. The number of hydrogen-bond donors (Lipinski definition) is 1. The summed E-state index contributed by atoms with van der Waals surface area (Å²) in [6.07, 6.45) is 6.94. The third kappa shape index (κ3) is 4.90. The minimum atomic E-state index is -0.585. The molecule has 2 atom stereocenters. The molecule has 1 N–H and O–H groups in total. The van der Waals surface area contributed by atoms with Crippen molar-refractivity contribution in [3.05, 3.63) is 76.6 Å². The summed E-state index contributed by atoms with van der Waals surface area (Å²) in [5.41, 5.74) is 6.52. The van der Waals surface area contributed by atoms with Crippen molar-refractivity contribution in [1.29, 1.82) is 0 Å². The van der Waals surface area contributed by atoms with Crippen molar-refractivity contribution in [2.45, 2.75) is 45.2 Å². The van der Waals surface area contributed by atoms with Crippen molar-refractivity contribution in [2.75, 3.05) is 13.1 Å². The molecular weight excluding hydrogens is 422 g/mol. The molecule has 5 nitrogen and oxygen atoms in total. The fourth-order valence-corrected chi connectivity index (χ4v) is 5.46. The Balaban J connectivity index is 1.20. The third-order valence-corrected chi connectivity index (χ3v) is 7.30. The summed E-state index contributed by atoms with van der Waals surface area (Å²) in [5.74, 6) is 1.21. The van der Waals surface area contributed by atoms with Crippen LogP contribution in [0.4, 0.5) is 8.78 Å². The zero-order valence-corrected chi connectivity index (χ0v) is 18.6. The fraction of sp³-hybridized carbons (Fsp3) is 0.462. The molecule has 33 heavy (non-hydrogen) atoms. The van der Waals surface area contributed by atoms with Crippen molar-refractivity contribution in [3.63, 3.8) is 0 Å². The highest BCUT2D eigenvalue weighted by molar-refractivity contribution is 5.94. The predicted molar refractivity (Wildman–Crippen MR) is 120 cm³/mol. The number of carbonyl (C=O) groups is 1. The van der Waals surface area contributed by atoms with Gasteiger partial charge in [0.1, 0.15) is 23.7 Å². The summed E-state index contributed by atoms with van der Waals surface area (Å²) in [4.78, 5) is 23.6. The highest BCUT2D eigenvalue weighted by Gasteiger charge is 2.45. The lowest BCUT2D eigenvalue weighted by molar-refractivity contribution is 0.0948. The van der Waals surface area contributed by atoms with Gasteiger partial charge in [0.25, 0.3) is 5.91 Å². The minimum absolute atomic E-state index is 0.214. The van der Waals surface area contributed by atoms with Crippen LogP contribution in [-0.4, -0.2) is 33.9 Å². The summed E-state index contributed by atoms with van der Waals surface area (Å²) < 4.78 is 27.2. The first-order valence-corrected chi connectivity index (χ1v) is 11.6. The molecule has 0 saturated heterocycles.